The zero-order chi connectivity index (χ0) is 14.8. The number of hydrogen-bond acceptors (Lipinski definition) is 5. The van der Waals surface area contributed by atoms with Gasteiger partial charge in [0.05, 0.1) is 12.6 Å². The first-order valence-electron chi connectivity index (χ1n) is 7.07. The fraction of sp³-hybridized carbons (Fsp3) is 0.467. The molecule has 6 heteroatoms. The van der Waals surface area contributed by atoms with Crippen LogP contribution in [0.4, 0.5) is 0 Å². The van der Waals surface area contributed by atoms with Crippen LogP contribution in [0, 0.1) is 5.92 Å². The Balaban J connectivity index is 1.60. The molecular formula is C15H18ClN3O2. The van der Waals surface area contributed by atoms with E-state index in [1.54, 1.807) is 12.1 Å². The molecule has 1 unspecified atom stereocenters. The van der Waals surface area contributed by atoms with E-state index in [2.05, 4.69) is 10.2 Å². The maximum absolute atomic E-state index is 9.93. The van der Waals surface area contributed by atoms with E-state index in [-0.39, 0.29) is 6.10 Å². The molecule has 5 nitrogen and oxygen atoms in total. The average molecular weight is 308 g/mol. The Morgan fingerprint density at radius 3 is 2.71 bits per heavy atom. The van der Waals surface area contributed by atoms with Crippen LogP contribution in [0.2, 0.25) is 5.02 Å². The summed E-state index contributed by atoms with van der Waals surface area (Å²) in [5, 5.41) is 18.7. The van der Waals surface area contributed by atoms with Crippen molar-refractivity contribution < 1.29 is 9.52 Å². The van der Waals surface area contributed by atoms with Crippen LogP contribution in [-0.4, -0.2) is 39.9 Å². The summed E-state index contributed by atoms with van der Waals surface area (Å²) in [7, 11) is 1.94. The van der Waals surface area contributed by atoms with Crippen molar-refractivity contribution in [3.05, 3.63) is 35.2 Å². The van der Waals surface area contributed by atoms with Crippen LogP contribution in [0.5, 0.6) is 0 Å². The van der Waals surface area contributed by atoms with Crippen molar-refractivity contribution in [3.8, 4) is 11.5 Å². The Kier molecular flexibility index (Phi) is 4.24. The van der Waals surface area contributed by atoms with Crippen molar-refractivity contribution in [2.75, 3.05) is 13.6 Å². The lowest BCUT2D eigenvalue weighted by Crippen LogP contribution is -2.30. The van der Waals surface area contributed by atoms with Crippen LogP contribution in [0.3, 0.4) is 0 Å². The average Bonchev–Trinajstić information content (AvgIpc) is 3.21. The standard InChI is InChI=1S/C15H18ClN3O2/c1-19(8-13(20)10-2-3-10)9-14-17-18-15(21-14)11-4-6-12(16)7-5-11/h4-7,10,13,20H,2-3,8-9H2,1H3. The molecule has 1 aliphatic rings. The fourth-order valence-electron chi connectivity index (χ4n) is 2.27. The van der Waals surface area contributed by atoms with Gasteiger partial charge >= 0.3 is 0 Å². The minimum absolute atomic E-state index is 0.256. The first-order chi connectivity index (χ1) is 10.1. The zero-order valence-corrected chi connectivity index (χ0v) is 12.6. The van der Waals surface area contributed by atoms with Gasteiger partial charge < -0.3 is 9.52 Å². The summed E-state index contributed by atoms with van der Waals surface area (Å²) in [6.07, 6.45) is 2.01. The van der Waals surface area contributed by atoms with Crippen molar-refractivity contribution in [1.29, 1.82) is 0 Å². The summed E-state index contributed by atoms with van der Waals surface area (Å²) in [4.78, 5) is 2.00. The van der Waals surface area contributed by atoms with E-state index in [1.165, 1.54) is 0 Å². The van der Waals surface area contributed by atoms with Gasteiger partial charge in [-0.15, -0.1) is 10.2 Å². The minimum Gasteiger partial charge on any atom is -0.419 e. The number of rotatable bonds is 6. The van der Waals surface area contributed by atoms with E-state index in [0.717, 1.165) is 18.4 Å². The molecule has 1 aliphatic carbocycles. The molecule has 1 saturated carbocycles. The number of hydrogen-bond donors (Lipinski definition) is 1. The molecule has 0 spiro atoms. The Labute approximate surface area is 128 Å². The van der Waals surface area contributed by atoms with Crippen LogP contribution in [-0.2, 0) is 6.54 Å². The van der Waals surface area contributed by atoms with Gasteiger partial charge in [-0.05, 0) is 50.1 Å². The first kappa shape index (κ1) is 14.5. The van der Waals surface area contributed by atoms with Crippen molar-refractivity contribution in [1.82, 2.24) is 15.1 Å². The van der Waals surface area contributed by atoms with Gasteiger partial charge in [-0.1, -0.05) is 11.6 Å². The molecule has 112 valence electrons. The number of nitrogens with zero attached hydrogens (tertiary/aromatic N) is 3. The Hall–Kier alpha value is -1.43. The number of aliphatic hydroxyl groups is 1. The third kappa shape index (κ3) is 3.81. The van der Waals surface area contributed by atoms with E-state index in [0.29, 0.717) is 35.8 Å². The lowest BCUT2D eigenvalue weighted by atomic mass is 10.2. The molecule has 1 atom stereocenters. The topological polar surface area (TPSA) is 62.4 Å². The number of aromatic nitrogens is 2. The second-order valence-corrected chi connectivity index (χ2v) is 6.05. The van der Waals surface area contributed by atoms with Crippen LogP contribution < -0.4 is 0 Å². The van der Waals surface area contributed by atoms with Crippen LogP contribution in [0.15, 0.2) is 28.7 Å². The smallest absolute Gasteiger partial charge is 0.247 e. The zero-order valence-electron chi connectivity index (χ0n) is 11.9. The van der Waals surface area contributed by atoms with Gasteiger partial charge in [0.25, 0.3) is 0 Å². The second kappa shape index (κ2) is 6.13. The molecule has 1 heterocycles. The minimum atomic E-state index is -0.256. The molecule has 0 radical (unpaired) electrons. The first-order valence-corrected chi connectivity index (χ1v) is 7.44. The third-order valence-corrected chi connectivity index (χ3v) is 3.88. The quantitative estimate of drug-likeness (QED) is 0.889. The van der Waals surface area contributed by atoms with E-state index in [1.807, 2.05) is 24.1 Å². The lowest BCUT2D eigenvalue weighted by molar-refractivity contribution is 0.100. The number of aliphatic hydroxyl groups excluding tert-OH is 1. The molecule has 1 N–H and O–H groups in total. The van der Waals surface area contributed by atoms with E-state index < -0.39 is 0 Å². The molecule has 1 aromatic heterocycles. The van der Waals surface area contributed by atoms with E-state index in [9.17, 15) is 5.11 Å². The molecule has 0 amide bonds. The molecule has 0 aliphatic heterocycles. The molecule has 1 fully saturated rings. The van der Waals surface area contributed by atoms with Gasteiger partial charge in [0, 0.05) is 17.1 Å². The largest absolute Gasteiger partial charge is 0.419 e. The van der Waals surface area contributed by atoms with Gasteiger partial charge in [0.15, 0.2) is 0 Å². The number of halogens is 1. The summed E-state index contributed by atoms with van der Waals surface area (Å²) < 4.78 is 5.65. The molecular weight excluding hydrogens is 290 g/mol. The van der Waals surface area contributed by atoms with Crippen molar-refractivity contribution >= 4 is 11.6 Å². The summed E-state index contributed by atoms with van der Waals surface area (Å²) in [5.41, 5.74) is 0.846. The van der Waals surface area contributed by atoms with Gasteiger partial charge in [-0.3, -0.25) is 4.90 Å². The summed E-state index contributed by atoms with van der Waals surface area (Å²) in [6.45, 7) is 1.16. The maximum atomic E-state index is 9.93. The molecule has 0 bridgehead atoms. The van der Waals surface area contributed by atoms with Crippen molar-refractivity contribution in [2.45, 2.75) is 25.5 Å². The Morgan fingerprint density at radius 1 is 1.33 bits per heavy atom. The molecule has 3 rings (SSSR count). The summed E-state index contributed by atoms with van der Waals surface area (Å²) in [6, 6.07) is 7.28. The van der Waals surface area contributed by atoms with E-state index in [4.69, 9.17) is 16.0 Å². The highest BCUT2D eigenvalue weighted by Crippen LogP contribution is 2.32. The van der Waals surface area contributed by atoms with Crippen molar-refractivity contribution in [3.63, 3.8) is 0 Å². The Bertz CT molecular complexity index is 595. The number of benzene rings is 1. The maximum Gasteiger partial charge on any atom is 0.247 e. The van der Waals surface area contributed by atoms with Gasteiger partial charge in [0.1, 0.15) is 0 Å². The van der Waals surface area contributed by atoms with Crippen LogP contribution in [0.1, 0.15) is 18.7 Å². The lowest BCUT2D eigenvalue weighted by Gasteiger charge is -2.18. The summed E-state index contributed by atoms with van der Waals surface area (Å²) in [5.74, 6) is 1.50. The highest BCUT2D eigenvalue weighted by molar-refractivity contribution is 6.30. The van der Waals surface area contributed by atoms with E-state index >= 15 is 0 Å². The van der Waals surface area contributed by atoms with Crippen LogP contribution >= 0.6 is 11.6 Å². The predicted octanol–water partition coefficient (Wildman–Crippen LogP) is 2.59. The highest BCUT2D eigenvalue weighted by Gasteiger charge is 2.30. The van der Waals surface area contributed by atoms with Gasteiger partial charge in [-0.25, -0.2) is 0 Å². The molecule has 21 heavy (non-hydrogen) atoms. The third-order valence-electron chi connectivity index (χ3n) is 3.63. The normalized spacial score (nSPS) is 16.4. The van der Waals surface area contributed by atoms with Crippen molar-refractivity contribution in [2.24, 2.45) is 5.92 Å². The fourth-order valence-corrected chi connectivity index (χ4v) is 2.40. The highest BCUT2D eigenvalue weighted by atomic mass is 35.5. The molecule has 1 aromatic carbocycles. The van der Waals surface area contributed by atoms with Gasteiger partial charge in [-0.2, -0.15) is 0 Å². The SMILES string of the molecule is CN(Cc1nnc(-c2ccc(Cl)cc2)o1)CC(O)C1CC1. The molecule has 0 saturated heterocycles. The monoisotopic (exact) mass is 307 g/mol. The molecule has 2 aromatic rings. The summed E-state index contributed by atoms with van der Waals surface area (Å²) >= 11 is 5.86. The van der Waals surface area contributed by atoms with Gasteiger partial charge in [0.2, 0.25) is 11.8 Å². The number of likely N-dealkylation sites (N-methyl/N-ethyl adjacent to an activating group) is 1. The van der Waals surface area contributed by atoms with Crippen LogP contribution in [0.25, 0.3) is 11.5 Å². The predicted molar refractivity (Wildman–Crippen MR) is 79.8 cm³/mol. The Morgan fingerprint density at radius 2 is 2.05 bits per heavy atom. The second-order valence-electron chi connectivity index (χ2n) is 5.61.